The first-order chi connectivity index (χ1) is 16.9. The van der Waals surface area contributed by atoms with Crippen LogP contribution in [0.2, 0.25) is 0 Å². The van der Waals surface area contributed by atoms with E-state index in [1.54, 1.807) is 4.90 Å². The van der Waals surface area contributed by atoms with Crippen molar-refractivity contribution in [2.75, 3.05) is 6.54 Å². The number of urea groups is 1. The summed E-state index contributed by atoms with van der Waals surface area (Å²) in [6.07, 6.45) is 2.65. The number of carbonyl (C=O) groups excluding carboxylic acids is 4. The molecule has 0 bridgehead atoms. The van der Waals surface area contributed by atoms with Crippen LogP contribution in [-0.2, 0) is 14.4 Å². The van der Waals surface area contributed by atoms with Crippen LogP contribution in [0.3, 0.4) is 0 Å². The number of likely N-dealkylation sites (tertiary alicyclic amines) is 1. The second kappa shape index (κ2) is 12.0. The second-order valence-corrected chi connectivity index (χ2v) is 13.3. The van der Waals surface area contributed by atoms with Crippen molar-refractivity contribution in [3.63, 3.8) is 0 Å². The first-order valence-electron chi connectivity index (χ1n) is 13.6. The molecule has 4 unspecified atom stereocenters. The SMILES string of the molecule is CC(C)C1CCN(C(=O)C(NC(=O)NC(C)(C)C)C(C)(C)C)[C@@H]1C(=O)NC(CC1CCC1)C(O)C(N)=O. The molecule has 1 aliphatic carbocycles. The van der Waals surface area contributed by atoms with Crippen molar-refractivity contribution >= 4 is 23.8 Å². The first kappa shape index (κ1) is 30.9. The Bertz CT molecular complexity index is 843. The van der Waals surface area contributed by atoms with E-state index < -0.39 is 53.0 Å². The summed E-state index contributed by atoms with van der Waals surface area (Å²) in [5.74, 6) is -1.29. The van der Waals surface area contributed by atoms with Gasteiger partial charge in [0.05, 0.1) is 6.04 Å². The van der Waals surface area contributed by atoms with Crippen LogP contribution in [0.1, 0.15) is 87.5 Å². The quantitative estimate of drug-likeness (QED) is 0.312. The molecule has 5 atom stereocenters. The van der Waals surface area contributed by atoms with Crippen LogP contribution in [0, 0.1) is 23.2 Å². The van der Waals surface area contributed by atoms with Gasteiger partial charge >= 0.3 is 6.03 Å². The highest BCUT2D eigenvalue weighted by molar-refractivity contribution is 5.93. The number of carbonyl (C=O) groups is 4. The minimum atomic E-state index is -1.50. The molecule has 37 heavy (non-hydrogen) atoms. The van der Waals surface area contributed by atoms with Gasteiger partial charge in [-0.25, -0.2) is 4.79 Å². The number of aliphatic hydroxyl groups is 1. The summed E-state index contributed by atoms with van der Waals surface area (Å²) in [7, 11) is 0. The second-order valence-electron chi connectivity index (χ2n) is 13.3. The van der Waals surface area contributed by atoms with Crippen LogP contribution in [0.5, 0.6) is 0 Å². The van der Waals surface area contributed by atoms with Crippen molar-refractivity contribution in [2.45, 2.75) is 117 Å². The molecule has 5 amide bonds. The van der Waals surface area contributed by atoms with E-state index in [1.165, 1.54) is 0 Å². The molecular weight excluding hydrogens is 474 g/mol. The molecule has 0 radical (unpaired) electrons. The summed E-state index contributed by atoms with van der Waals surface area (Å²) in [4.78, 5) is 53.7. The molecule has 10 nitrogen and oxygen atoms in total. The van der Waals surface area contributed by atoms with E-state index >= 15 is 0 Å². The van der Waals surface area contributed by atoms with Crippen molar-refractivity contribution in [2.24, 2.45) is 28.9 Å². The smallest absolute Gasteiger partial charge is 0.315 e. The molecule has 0 aromatic carbocycles. The Hall–Kier alpha value is -2.36. The fourth-order valence-electron chi connectivity index (χ4n) is 5.24. The summed E-state index contributed by atoms with van der Waals surface area (Å²) in [6, 6.07) is -2.91. The Morgan fingerprint density at radius 3 is 2.03 bits per heavy atom. The predicted octanol–water partition coefficient (Wildman–Crippen LogP) is 1.89. The van der Waals surface area contributed by atoms with Crippen LogP contribution >= 0.6 is 0 Å². The van der Waals surface area contributed by atoms with Crippen LogP contribution in [0.4, 0.5) is 4.79 Å². The van der Waals surface area contributed by atoms with E-state index in [-0.39, 0.29) is 17.7 Å². The Labute approximate surface area is 221 Å². The molecule has 1 saturated heterocycles. The van der Waals surface area contributed by atoms with Crippen LogP contribution in [0.25, 0.3) is 0 Å². The number of rotatable bonds is 9. The number of aliphatic hydroxyl groups excluding tert-OH is 1. The van der Waals surface area contributed by atoms with Gasteiger partial charge in [0.1, 0.15) is 12.1 Å². The van der Waals surface area contributed by atoms with Gasteiger partial charge in [-0.05, 0) is 56.8 Å². The predicted molar refractivity (Wildman–Crippen MR) is 142 cm³/mol. The Balaban J connectivity index is 2.31. The molecule has 1 aliphatic heterocycles. The van der Waals surface area contributed by atoms with Crippen LogP contribution in [-0.4, -0.2) is 70.1 Å². The van der Waals surface area contributed by atoms with Gasteiger partial charge < -0.3 is 31.7 Å². The molecule has 2 rings (SSSR count). The van der Waals surface area contributed by atoms with Crippen molar-refractivity contribution < 1.29 is 24.3 Å². The number of nitrogens with zero attached hydrogens (tertiary/aromatic N) is 1. The maximum Gasteiger partial charge on any atom is 0.315 e. The minimum absolute atomic E-state index is 0.108. The summed E-state index contributed by atoms with van der Waals surface area (Å²) in [6.45, 7) is 15.6. The maximum atomic E-state index is 13.9. The van der Waals surface area contributed by atoms with E-state index in [0.717, 1.165) is 19.3 Å². The highest BCUT2D eigenvalue weighted by Crippen LogP contribution is 2.34. The van der Waals surface area contributed by atoms with Gasteiger partial charge in [0.15, 0.2) is 6.10 Å². The zero-order valence-electron chi connectivity index (χ0n) is 23.9. The van der Waals surface area contributed by atoms with Gasteiger partial charge in [0.25, 0.3) is 0 Å². The van der Waals surface area contributed by atoms with Crippen LogP contribution < -0.4 is 21.7 Å². The molecule has 2 aliphatic rings. The third-order valence-electron chi connectivity index (χ3n) is 7.54. The lowest BCUT2D eigenvalue weighted by Gasteiger charge is -2.38. The lowest BCUT2D eigenvalue weighted by Crippen LogP contribution is -2.62. The van der Waals surface area contributed by atoms with Gasteiger partial charge in [-0.15, -0.1) is 0 Å². The zero-order chi connectivity index (χ0) is 28.3. The summed E-state index contributed by atoms with van der Waals surface area (Å²) >= 11 is 0. The number of hydrogen-bond acceptors (Lipinski definition) is 5. The van der Waals surface area contributed by atoms with E-state index in [2.05, 4.69) is 16.0 Å². The Kier molecular flexibility index (Phi) is 10.0. The number of primary amides is 1. The Morgan fingerprint density at radius 1 is 1.00 bits per heavy atom. The molecule has 0 aromatic heterocycles. The average molecular weight is 524 g/mol. The zero-order valence-corrected chi connectivity index (χ0v) is 23.9. The number of nitrogens with one attached hydrogen (secondary N) is 3. The molecule has 0 spiro atoms. The summed E-state index contributed by atoms with van der Waals surface area (Å²) in [5, 5.41) is 19.0. The van der Waals surface area contributed by atoms with Gasteiger partial charge in [0, 0.05) is 12.1 Å². The standard InChI is InChI=1S/C27H49N5O5/c1-15(2)17-12-13-32(24(36)21(26(3,4)5)30-25(37)31-27(6,7)8)19(17)23(35)29-18(20(33)22(28)34)14-16-10-9-11-16/h15-21,33H,9-14H2,1-8H3,(H2,28,34)(H,29,35)(H2,30,31,37)/t17?,18?,19-,20?,21?/m0/s1. The monoisotopic (exact) mass is 523 g/mol. The molecule has 1 saturated carbocycles. The third-order valence-corrected chi connectivity index (χ3v) is 7.54. The molecule has 212 valence electrons. The van der Waals surface area contributed by atoms with Gasteiger partial charge in [-0.3, -0.25) is 14.4 Å². The highest BCUT2D eigenvalue weighted by Gasteiger charge is 2.48. The van der Waals surface area contributed by atoms with Gasteiger partial charge in [-0.2, -0.15) is 0 Å². The summed E-state index contributed by atoms with van der Waals surface area (Å²) in [5.41, 5.74) is 4.29. The molecular formula is C27H49N5O5. The fourth-order valence-corrected chi connectivity index (χ4v) is 5.24. The molecule has 0 aromatic rings. The number of amides is 5. The lowest BCUT2D eigenvalue weighted by molar-refractivity contribution is -0.144. The van der Waals surface area contributed by atoms with E-state index in [1.807, 2.05) is 55.4 Å². The Morgan fingerprint density at radius 2 is 1.59 bits per heavy atom. The largest absolute Gasteiger partial charge is 0.381 e. The molecule has 6 N–H and O–H groups in total. The first-order valence-corrected chi connectivity index (χ1v) is 13.6. The topological polar surface area (TPSA) is 154 Å². The number of hydrogen-bond donors (Lipinski definition) is 5. The summed E-state index contributed by atoms with van der Waals surface area (Å²) < 4.78 is 0. The van der Waals surface area contributed by atoms with Gasteiger partial charge in [0.2, 0.25) is 17.7 Å². The molecule has 1 heterocycles. The maximum absolute atomic E-state index is 13.9. The average Bonchev–Trinajstić information content (AvgIpc) is 3.16. The third kappa shape index (κ3) is 8.32. The minimum Gasteiger partial charge on any atom is -0.381 e. The normalized spacial score (nSPS) is 23.1. The van der Waals surface area contributed by atoms with Crippen molar-refractivity contribution in [1.29, 1.82) is 0 Å². The van der Waals surface area contributed by atoms with Crippen molar-refractivity contribution in [3.05, 3.63) is 0 Å². The van der Waals surface area contributed by atoms with Crippen LogP contribution in [0.15, 0.2) is 0 Å². The van der Waals surface area contributed by atoms with Crippen molar-refractivity contribution in [1.82, 2.24) is 20.9 Å². The fraction of sp³-hybridized carbons (Fsp3) is 0.852. The van der Waals surface area contributed by atoms with E-state index in [0.29, 0.717) is 25.3 Å². The lowest BCUT2D eigenvalue weighted by atomic mass is 9.79. The van der Waals surface area contributed by atoms with Gasteiger partial charge in [-0.1, -0.05) is 53.9 Å². The number of nitrogens with two attached hydrogens (primary N) is 1. The van der Waals surface area contributed by atoms with E-state index in [9.17, 15) is 24.3 Å². The van der Waals surface area contributed by atoms with E-state index in [4.69, 9.17) is 5.73 Å². The molecule has 10 heteroatoms. The highest BCUT2D eigenvalue weighted by atomic mass is 16.3. The molecule has 2 fully saturated rings. The van der Waals surface area contributed by atoms with Crippen molar-refractivity contribution in [3.8, 4) is 0 Å².